The van der Waals surface area contributed by atoms with Gasteiger partial charge in [0.05, 0.1) is 11.9 Å². The lowest BCUT2D eigenvalue weighted by Gasteiger charge is -2.22. The van der Waals surface area contributed by atoms with Crippen LogP contribution < -0.4 is 9.62 Å². The first-order valence-electron chi connectivity index (χ1n) is 9.26. The maximum atomic E-state index is 12.1. The average Bonchev–Trinajstić information content (AvgIpc) is 2.64. The van der Waals surface area contributed by atoms with E-state index in [1.165, 1.54) is 21.0 Å². The molecule has 2 rings (SSSR count). The van der Waals surface area contributed by atoms with Crippen molar-refractivity contribution in [2.45, 2.75) is 31.6 Å². The van der Waals surface area contributed by atoms with Crippen LogP contribution in [0.1, 0.15) is 24.0 Å². The van der Waals surface area contributed by atoms with Crippen molar-refractivity contribution in [2.24, 2.45) is 0 Å². The van der Waals surface area contributed by atoms with Crippen LogP contribution in [0, 0.1) is 13.8 Å². The van der Waals surface area contributed by atoms with Crippen LogP contribution in [0.4, 0.5) is 5.69 Å². The molecule has 0 saturated heterocycles. The number of aryl methyl sites for hydroxylation is 2. The van der Waals surface area contributed by atoms with E-state index in [9.17, 15) is 13.2 Å². The van der Waals surface area contributed by atoms with Gasteiger partial charge in [-0.2, -0.15) is 0 Å². The van der Waals surface area contributed by atoms with Crippen molar-refractivity contribution < 1.29 is 13.2 Å². The Hall–Kier alpha value is -1.99. The zero-order valence-corrected chi connectivity index (χ0v) is 18.3. The summed E-state index contributed by atoms with van der Waals surface area (Å²) in [5.74, 6) is 0.745. The minimum absolute atomic E-state index is 0.0538. The van der Waals surface area contributed by atoms with Crippen molar-refractivity contribution in [1.82, 2.24) is 5.32 Å². The first-order chi connectivity index (χ1) is 13.3. The molecular formula is C21H28N2O3S2. The molecule has 1 N–H and O–H groups in total. The fraction of sp³-hybridized carbons (Fsp3) is 0.381. The summed E-state index contributed by atoms with van der Waals surface area (Å²) in [5, 5.41) is 2.90. The van der Waals surface area contributed by atoms with E-state index in [1.807, 2.05) is 19.1 Å². The normalized spacial score (nSPS) is 11.2. The van der Waals surface area contributed by atoms with Crippen molar-refractivity contribution in [3.8, 4) is 0 Å². The van der Waals surface area contributed by atoms with Crippen LogP contribution in [0.15, 0.2) is 53.4 Å². The molecule has 0 aromatic heterocycles. The molecule has 0 aliphatic rings. The number of carbonyl (C=O) groups is 1. The van der Waals surface area contributed by atoms with Crippen LogP contribution in [0.2, 0.25) is 0 Å². The third kappa shape index (κ3) is 7.56. The van der Waals surface area contributed by atoms with E-state index in [1.54, 1.807) is 23.9 Å². The summed E-state index contributed by atoms with van der Waals surface area (Å²) in [6.45, 7) is 4.88. The maximum Gasteiger partial charge on any atom is 0.232 e. The Labute approximate surface area is 172 Å². The number of amides is 1. The Balaban J connectivity index is 1.73. The van der Waals surface area contributed by atoms with E-state index in [0.29, 0.717) is 25.1 Å². The number of carbonyl (C=O) groups excluding carboxylic acids is 1. The van der Waals surface area contributed by atoms with E-state index in [0.717, 1.165) is 11.3 Å². The van der Waals surface area contributed by atoms with Gasteiger partial charge >= 0.3 is 0 Å². The Morgan fingerprint density at radius 1 is 1.00 bits per heavy atom. The first kappa shape index (κ1) is 22.3. The molecule has 0 radical (unpaired) electrons. The first-order valence-corrected chi connectivity index (χ1v) is 12.1. The lowest BCUT2D eigenvalue weighted by Crippen LogP contribution is -2.32. The highest BCUT2D eigenvalue weighted by molar-refractivity contribution is 7.99. The molecule has 5 nitrogen and oxygen atoms in total. The van der Waals surface area contributed by atoms with Gasteiger partial charge in [-0.1, -0.05) is 35.4 Å². The van der Waals surface area contributed by atoms with Gasteiger partial charge in [0.2, 0.25) is 15.9 Å². The van der Waals surface area contributed by atoms with E-state index in [2.05, 4.69) is 36.5 Å². The molecule has 28 heavy (non-hydrogen) atoms. The average molecular weight is 421 g/mol. The molecule has 0 atom stereocenters. The number of rotatable bonds is 10. The molecule has 0 spiro atoms. The van der Waals surface area contributed by atoms with Crippen LogP contribution in [0.3, 0.4) is 0 Å². The number of sulfonamides is 1. The van der Waals surface area contributed by atoms with Crippen molar-refractivity contribution in [3.63, 3.8) is 0 Å². The molecule has 7 heteroatoms. The number of hydrogen-bond donors (Lipinski definition) is 1. The molecular weight excluding hydrogens is 392 g/mol. The molecule has 0 aliphatic carbocycles. The van der Waals surface area contributed by atoms with E-state index in [4.69, 9.17) is 0 Å². The van der Waals surface area contributed by atoms with Gasteiger partial charge in [-0.15, -0.1) is 11.8 Å². The van der Waals surface area contributed by atoms with Gasteiger partial charge in [-0.3, -0.25) is 9.10 Å². The molecule has 0 saturated carbocycles. The predicted molar refractivity (Wildman–Crippen MR) is 118 cm³/mol. The summed E-state index contributed by atoms with van der Waals surface area (Å²) in [5.41, 5.74) is 2.93. The summed E-state index contributed by atoms with van der Waals surface area (Å²) in [7, 11) is -3.39. The Kier molecular flexibility index (Phi) is 8.38. The molecule has 2 aromatic carbocycles. The second-order valence-electron chi connectivity index (χ2n) is 6.79. The van der Waals surface area contributed by atoms with Crippen molar-refractivity contribution >= 4 is 33.4 Å². The van der Waals surface area contributed by atoms with E-state index in [-0.39, 0.29) is 12.5 Å². The van der Waals surface area contributed by atoms with Crippen LogP contribution in [-0.2, 0) is 14.8 Å². The summed E-state index contributed by atoms with van der Waals surface area (Å²) < 4.78 is 25.5. The van der Waals surface area contributed by atoms with Gasteiger partial charge in [0.1, 0.15) is 0 Å². The predicted octanol–water partition coefficient (Wildman–Crippen LogP) is 3.76. The lowest BCUT2D eigenvalue weighted by atomic mass is 10.2. The highest BCUT2D eigenvalue weighted by Gasteiger charge is 2.17. The summed E-state index contributed by atoms with van der Waals surface area (Å²) in [6, 6.07) is 15.6. The highest BCUT2D eigenvalue weighted by atomic mass is 32.2. The molecule has 0 unspecified atom stereocenters. The molecule has 0 bridgehead atoms. The van der Waals surface area contributed by atoms with Gasteiger partial charge in [0.25, 0.3) is 0 Å². The maximum absolute atomic E-state index is 12.1. The van der Waals surface area contributed by atoms with Crippen LogP contribution in [0.5, 0.6) is 0 Å². The van der Waals surface area contributed by atoms with Gasteiger partial charge in [-0.25, -0.2) is 8.42 Å². The number of anilines is 1. The fourth-order valence-corrected chi connectivity index (χ4v) is 4.40. The van der Waals surface area contributed by atoms with Gasteiger partial charge in [-0.05, 0) is 44.5 Å². The highest BCUT2D eigenvalue weighted by Crippen LogP contribution is 2.19. The summed E-state index contributed by atoms with van der Waals surface area (Å²) >= 11 is 1.70. The number of hydrogen-bond acceptors (Lipinski definition) is 4. The Morgan fingerprint density at radius 3 is 2.14 bits per heavy atom. The molecule has 2 aromatic rings. The number of nitrogens with zero attached hydrogens (tertiary/aromatic N) is 1. The Morgan fingerprint density at radius 2 is 1.57 bits per heavy atom. The SMILES string of the molecule is Cc1ccc(SCCNC(=O)CCCN(c2ccc(C)cc2)S(C)(=O)=O)cc1. The van der Waals surface area contributed by atoms with Gasteiger partial charge < -0.3 is 5.32 Å². The zero-order valence-electron chi connectivity index (χ0n) is 16.6. The van der Waals surface area contributed by atoms with Crippen LogP contribution in [0.25, 0.3) is 0 Å². The second kappa shape index (κ2) is 10.5. The second-order valence-corrected chi connectivity index (χ2v) is 9.86. The van der Waals surface area contributed by atoms with Gasteiger partial charge in [0, 0.05) is 30.2 Å². The van der Waals surface area contributed by atoms with Crippen LogP contribution in [-0.4, -0.2) is 39.4 Å². The largest absolute Gasteiger partial charge is 0.355 e. The number of nitrogens with one attached hydrogen (secondary N) is 1. The molecule has 0 aliphatic heterocycles. The third-order valence-corrected chi connectivity index (χ3v) is 6.41. The van der Waals surface area contributed by atoms with Crippen LogP contribution >= 0.6 is 11.8 Å². The number of benzene rings is 2. The van der Waals surface area contributed by atoms with E-state index >= 15 is 0 Å². The van der Waals surface area contributed by atoms with Crippen molar-refractivity contribution in [3.05, 3.63) is 59.7 Å². The van der Waals surface area contributed by atoms with Gasteiger partial charge in [0.15, 0.2) is 0 Å². The fourth-order valence-electron chi connectivity index (χ4n) is 2.66. The van der Waals surface area contributed by atoms with Crippen molar-refractivity contribution in [2.75, 3.05) is 29.4 Å². The number of thioether (sulfide) groups is 1. The van der Waals surface area contributed by atoms with E-state index < -0.39 is 10.0 Å². The molecule has 152 valence electrons. The standard InChI is InChI=1S/C21H28N2O3S2/c1-17-6-10-19(11-7-17)23(28(3,25)26)15-4-5-21(24)22-14-16-27-20-12-8-18(2)9-13-20/h6-13H,4-5,14-16H2,1-3H3,(H,22,24). The smallest absolute Gasteiger partial charge is 0.232 e. The Bertz CT molecular complexity index is 864. The third-order valence-electron chi connectivity index (χ3n) is 4.20. The zero-order chi connectivity index (χ0) is 20.6. The molecule has 0 fully saturated rings. The monoisotopic (exact) mass is 420 g/mol. The lowest BCUT2D eigenvalue weighted by molar-refractivity contribution is -0.121. The van der Waals surface area contributed by atoms with Crippen molar-refractivity contribution in [1.29, 1.82) is 0 Å². The molecule has 0 heterocycles. The minimum atomic E-state index is -3.39. The summed E-state index contributed by atoms with van der Waals surface area (Å²) in [4.78, 5) is 13.2. The quantitative estimate of drug-likeness (QED) is 0.469. The molecule has 1 amide bonds. The topological polar surface area (TPSA) is 66.5 Å². The summed E-state index contributed by atoms with van der Waals surface area (Å²) in [6.07, 6.45) is 1.96. The minimum Gasteiger partial charge on any atom is -0.355 e.